The summed E-state index contributed by atoms with van der Waals surface area (Å²) in [6.07, 6.45) is 2.61. The highest BCUT2D eigenvalue weighted by atomic mass is 16.2. The molecule has 1 saturated heterocycles. The molecule has 1 aliphatic heterocycles. The van der Waals surface area contributed by atoms with Gasteiger partial charge in [-0.25, -0.2) is 0 Å². The maximum atomic E-state index is 12.6. The van der Waals surface area contributed by atoms with Crippen LogP contribution in [0.5, 0.6) is 0 Å². The number of carbonyl (C=O) groups excluding carboxylic acids is 2. The third-order valence-corrected chi connectivity index (χ3v) is 4.28. The van der Waals surface area contributed by atoms with Crippen LogP contribution < -0.4 is 10.7 Å². The van der Waals surface area contributed by atoms with E-state index in [1.807, 2.05) is 6.07 Å². The number of carbonyl (C=O) groups is 2. The lowest BCUT2D eigenvalue weighted by molar-refractivity contribution is -0.117. The van der Waals surface area contributed by atoms with Gasteiger partial charge in [0.15, 0.2) is 5.43 Å². The fraction of sp³-hybridized carbons (Fsp3) is 0.278. The number of fused-ring (bicyclic) bond motifs is 1. The van der Waals surface area contributed by atoms with E-state index >= 15 is 0 Å². The van der Waals surface area contributed by atoms with Crippen LogP contribution in [0.1, 0.15) is 23.3 Å². The maximum Gasteiger partial charge on any atom is 0.270 e. The molecule has 24 heavy (non-hydrogen) atoms. The first-order chi connectivity index (χ1) is 11.6. The molecule has 0 bridgehead atoms. The lowest BCUT2D eigenvalue weighted by atomic mass is 10.0. The van der Waals surface area contributed by atoms with Gasteiger partial charge < -0.3 is 15.2 Å². The van der Waals surface area contributed by atoms with Gasteiger partial charge in [-0.05, 0) is 31.1 Å². The molecule has 0 saturated carbocycles. The normalized spacial score (nSPS) is 15.2. The predicted octanol–water partition coefficient (Wildman–Crippen LogP) is 1.43. The number of hydrogen-bond donors (Lipinski definition) is 2. The molecule has 0 radical (unpaired) electrons. The van der Waals surface area contributed by atoms with Crippen molar-refractivity contribution in [2.24, 2.45) is 0 Å². The van der Waals surface area contributed by atoms with Gasteiger partial charge in [0.05, 0.1) is 0 Å². The van der Waals surface area contributed by atoms with Gasteiger partial charge in [-0.15, -0.1) is 0 Å². The van der Waals surface area contributed by atoms with Gasteiger partial charge in [-0.2, -0.15) is 0 Å². The minimum absolute atomic E-state index is 0.0511. The van der Waals surface area contributed by atoms with E-state index in [1.54, 1.807) is 23.1 Å². The quantitative estimate of drug-likeness (QED) is 0.838. The van der Waals surface area contributed by atoms with Gasteiger partial charge in [-0.3, -0.25) is 14.4 Å². The summed E-state index contributed by atoms with van der Waals surface area (Å²) in [5.74, 6) is -0.384. The third-order valence-electron chi connectivity index (χ3n) is 4.28. The number of likely N-dealkylation sites (tertiary alicyclic amines) is 1. The van der Waals surface area contributed by atoms with Crippen LogP contribution in [0.4, 0.5) is 0 Å². The molecule has 6 nitrogen and oxygen atoms in total. The molecule has 6 heteroatoms. The molecule has 0 aliphatic carbocycles. The summed E-state index contributed by atoms with van der Waals surface area (Å²) in [4.78, 5) is 40.9. The van der Waals surface area contributed by atoms with E-state index in [-0.39, 0.29) is 23.3 Å². The fourth-order valence-electron chi connectivity index (χ4n) is 2.97. The van der Waals surface area contributed by atoms with E-state index in [9.17, 15) is 14.4 Å². The number of nitrogens with one attached hydrogen (secondary N) is 2. The number of piperidine rings is 1. The molecule has 2 amide bonds. The Morgan fingerprint density at radius 1 is 1.25 bits per heavy atom. The zero-order valence-electron chi connectivity index (χ0n) is 13.2. The van der Waals surface area contributed by atoms with Crippen LogP contribution >= 0.6 is 0 Å². The van der Waals surface area contributed by atoms with Crippen molar-refractivity contribution in [3.05, 3.63) is 58.9 Å². The van der Waals surface area contributed by atoms with E-state index in [2.05, 4.69) is 16.9 Å². The number of aromatic amines is 1. The highest BCUT2D eigenvalue weighted by molar-refractivity contribution is 5.95. The Bertz CT molecular complexity index is 848. The molecular weight excluding hydrogens is 306 g/mol. The summed E-state index contributed by atoms with van der Waals surface area (Å²) in [7, 11) is 0. The number of nitrogens with zero attached hydrogens (tertiary/aromatic N) is 1. The molecule has 0 spiro atoms. The monoisotopic (exact) mass is 325 g/mol. The minimum Gasteiger partial charge on any atom is -0.350 e. The SMILES string of the molecule is C=CC(=O)NC1CCN(C(=O)c2cc(=O)c3ccccc3[nH]2)CC1. The first-order valence-electron chi connectivity index (χ1n) is 7.93. The van der Waals surface area contributed by atoms with E-state index in [0.717, 1.165) is 0 Å². The van der Waals surface area contributed by atoms with Crippen molar-refractivity contribution < 1.29 is 9.59 Å². The number of hydrogen-bond acceptors (Lipinski definition) is 3. The Kier molecular flexibility index (Phi) is 4.46. The zero-order chi connectivity index (χ0) is 17.1. The van der Waals surface area contributed by atoms with E-state index < -0.39 is 0 Å². The molecule has 1 fully saturated rings. The highest BCUT2D eigenvalue weighted by Gasteiger charge is 2.25. The van der Waals surface area contributed by atoms with Crippen molar-refractivity contribution in [3.63, 3.8) is 0 Å². The minimum atomic E-state index is -0.196. The molecule has 2 N–H and O–H groups in total. The molecule has 1 aliphatic rings. The number of para-hydroxylation sites is 1. The molecule has 1 aromatic carbocycles. The average Bonchev–Trinajstić information content (AvgIpc) is 2.61. The van der Waals surface area contributed by atoms with E-state index in [1.165, 1.54) is 12.1 Å². The Morgan fingerprint density at radius 3 is 2.67 bits per heavy atom. The van der Waals surface area contributed by atoms with Crippen molar-refractivity contribution in [2.45, 2.75) is 18.9 Å². The standard InChI is InChI=1S/C18H19N3O3/c1-2-17(23)19-12-7-9-21(10-8-12)18(24)15-11-16(22)13-5-3-4-6-14(13)20-15/h2-6,11-12H,1,7-10H2,(H,19,23)(H,20,22). The van der Waals surface area contributed by atoms with Crippen molar-refractivity contribution in [1.29, 1.82) is 0 Å². The molecule has 0 atom stereocenters. The van der Waals surface area contributed by atoms with E-state index in [0.29, 0.717) is 42.5 Å². The second-order valence-electron chi connectivity index (χ2n) is 5.87. The first-order valence-corrected chi connectivity index (χ1v) is 7.93. The number of pyridine rings is 1. The molecule has 2 aromatic rings. The molecular formula is C18H19N3O3. The summed E-state index contributed by atoms with van der Waals surface area (Å²) in [5.41, 5.74) is 0.787. The largest absolute Gasteiger partial charge is 0.350 e. The fourth-order valence-corrected chi connectivity index (χ4v) is 2.97. The van der Waals surface area contributed by atoms with Crippen LogP contribution in [0.15, 0.2) is 47.8 Å². The van der Waals surface area contributed by atoms with Crippen LogP contribution in [-0.2, 0) is 4.79 Å². The molecule has 3 rings (SSSR count). The lowest BCUT2D eigenvalue weighted by Crippen LogP contribution is -2.46. The number of H-pyrrole nitrogens is 1. The number of aromatic nitrogens is 1. The molecule has 0 unspecified atom stereocenters. The summed E-state index contributed by atoms with van der Waals surface area (Å²) in [6.45, 7) is 4.51. The topological polar surface area (TPSA) is 82.3 Å². The molecule has 1 aromatic heterocycles. The van der Waals surface area contributed by atoms with Crippen molar-refractivity contribution in [3.8, 4) is 0 Å². The second kappa shape index (κ2) is 6.70. The Balaban J connectivity index is 1.73. The lowest BCUT2D eigenvalue weighted by Gasteiger charge is -2.32. The predicted molar refractivity (Wildman–Crippen MR) is 91.8 cm³/mol. The van der Waals surface area contributed by atoms with E-state index in [4.69, 9.17) is 0 Å². The maximum absolute atomic E-state index is 12.6. The third kappa shape index (κ3) is 3.22. The van der Waals surface area contributed by atoms with Crippen LogP contribution in [0.25, 0.3) is 10.9 Å². The van der Waals surface area contributed by atoms with Gasteiger partial charge in [0, 0.05) is 36.1 Å². The summed E-state index contributed by atoms with van der Waals surface area (Å²) >= 11 is 0. The van der Waals surface area contributed by atoms with Gasteiger partial charge in [0.2, 0.25) is 5.91 Å². The van der Waals surface area contributed by atoms with Gasteiger partial charge in [-0.1, -0.05) is 18.7 Å². The first kappa shape index (κ1) is 16.0. The number of amides is 2. The van der Waals surface area contributed by atoms with Crippen LogP contribution in [0.2, 0.25) is 0 Å². The molecule has 2 heterocycles. The summed E-state index contributed by atoms with van der Waals surface area (Å²) in [6, 6.07) is 8.54. The molecule has 124 valence electrons. The smallest absolute Gasteiger partial charge is 0.270 e. The van der Waals surface area contributed by atoms with Crippen LogP contribution in [0, 0.1) is 0 Å². The second-order valence-corrected chi connectivity index (χ2v) is 5.87. The average molecular weight is 325 g/mol. The van der Waals surface area contributed by atoms with Crippen molar-refractivity contribution in [2.75, 3.05) is 13.1 Å². The van der Waals surface area contributed by atoms with Crippen LogP contribution in [0.3, 0.4) is 0 Å². The summed E-state index contributed by atoms with van der Waals surface area (Å²) in [5, 5.41) is 3.42. The zero-order valence-corrected chi connectivity index (χ0v) is 13.2. The Hall–Kier alpha value is -2.89. The summed E-state index contributed by atoms with van der Waals surface area (Å²) < 4.78 is 0. The Morgan fingerprint density at radius 2 is 1.96 bits per heavy atom. The van der Waals surface area contributed by atoms with Crippen molar-refractivity contribution >= 4 is 22.7 Å². The van der Waals surface area contributed by atoms with Crippen molar-refractivity contribution in [1.82, 2.24) is 15.2 Å². The highest BCUT2D eigenvalue weighted by Crippen LogP contribution is 2.14. The van der Waals surface area contributed by atoms with Gasteiger partial charge in [0.25, 0.3) is 5.91 Å². The Labute approximate surface area is 139 Å². The van der Waals surface area contributed by atoms with Gasteiger partial charge in [0.1, 0.15) is 5.69 Å². The number of benzene rings is 1. The van der Waals surface area contributed by atoms with Gasteiger partial charge >= 0.3 is 0 Å². The number of rotatable bonds is 3. The van der Waals surface area contributed by atoms with Crippen LogP contribution in [-0.4, -0.2) is 40.8 Å².